The highest BCUT2D eigenvalue weighted by atomic mass is 35.5. The number of piperazine rings is 1. The summed E-state index contributed by atoms with van der Waals surface area (Å²) in [6, 6.07) is 16.3. The van der Waals surface area contributed by atoms with E-state index >= 15 is 0 Å². The second-order valence-electron chi connectivity index (χ2n) is 6.65. The molecule has 140 valence electrons. The fourth-order valence-electron chi connectivity index (χ4n) is 3.27. The summed E-state index contributed by atoms with van der Waals surface area (Å²) in [4.78, 5) is 16.3. The van der Waals surface area contributed by atoms with Crippen molar-refractivity contribution in [2.24, 2.45) is 0 Å². The highest BCUT2D eigenvalue weighted by molar-refractivity contribution is 6.30. The van der Waals surface area contributed by atoms with Gasteiger partial charge in [0.05, 0.1) is 0 Å². The van der Waals surface area contributed by atoms with Crippen LogP contribution in [0.1, 0.15) is 27.5 Å². The molecule has 0 aliphatic carbocycles. The smallest absolute Gasteiger partial charge is 0.253 e. The Morgan fingerprint density at radius 3 is 2.73 bits per heavy atom. The largest absolute Gasteiger partial charge is 0.345 e. The van der Waals surface area contributed by atoms with E-state index in [9.17, 15) is 4.79 Å². The maximum absolute atomic E-state index is 12.2. The molecule has 1 atom stereocenters. The molecule has 3 rings (SSSR count). The summed E-state index contributed by atoms with van der Waals surface area (Å²) in [6.45, 7) is 3.64. The second-order valence-corrected chi connectivity index (χ2v) is 7.08. The molecule has 1 saturated heterocycles. The third-order valence-corrected chi connectivity index (χ3v) is 4.79. The van der Waals surface area contributed by atoms with Crippen LogP contribution < -0.4 is 5.32 Å². The molecule has 1 fully saturated rings. The van der Waals surface area contributed by atoms with Crippen LogP contribution in [0.25, 0.3) is 0 Å². The van der Waals surface area contributed by atoms with Gasteiger partial charge in [-0.15, -0.1) is 12.4 Å². The summed E-state index contributed by atoms with van der Waals surface area (Å²) in [5.41, 5.74) is 3.11. The van der Waals surface area contributed by atoms with Crippen molar-refractivity contribution in [3.63, 3.8) is 0 Å². The number of rotatable bonds is 4. The summed E-state index contributed by atoms with van der Waals surface area (Å²) < 4.78 is 0. The second kappa shape index (κ2) is 9.38. The van der Waals surface area contributed by atoms with Crippen LogP contribution in [0.2, 0.25) is 5.02 Å². The molecule has 1 aliphatic heterocycles. The van der Waals surface area contributed by atoms with Gasteiger partial charge in [-0.1, -0.05) is 35.9 Å². The maximum atomic E-state index is 12.2. The Hall–Kier alpha value is -1.59. The molecule has 1 N–H and O–H groups in total. The molecule has 1 heterocycles. The van der Waals surface area contributed by atoms with Crippen molar-refractivity contribution in [3.05, 3.63) is 70.2 Å². The lowest BCUT2D eigenvalue weighted by atomic mass is 10.0. The van der Waals surface area contributed by atoms with Gasteiger partial charge in [0.25, 0.3) is 5.91 Å². The van der Waals surface area contributed by atoms with Gasteiger partial charge in [-0.05, 0) is 35.4 Å². The van der Waals surface area contributed by atoms with Gasteiger partial charge in [0.15, 0.2) is 0 Å². The Bertz CT molecular complexity index is 751. The average molecular weight is 394 g/mol. The summed E-state index contributed by atoms with van der Waals surface area (Å²) in [7, 11) is 3.56. The minimum Gasteiger partial charge on any atom is -0.345 e. The number of benzene rings is 2. The van der Waals surface area contributed by atoms with Crippen molar-refractivity contribution in [3.8, 4) is 0 Å². The number of carbonyl (C=O) groups is 1. The molecule has 4 nitrogen and oxygen atoms in total. The van der Waals surface area contributed by atoms with Crippen LogP contribution in [0.15, 0.2) is 48.5 Å². The van der Waals surface area contributed by atoms with Crippen molar-refractivity contribution >= 4 is 29.9 Å². The predicted octanol–water partition coefficient (Wildman–Crippen LogP) is 3.61. The van der Waals surface area contributed by atoms with E-state index in [1.54, 1.807) is 19.0 Å². The summed E-state index contributed by atoms with van der Waals surface area (Å²) >= 11 is 6.18. The normalized spacial score (nSPS) is 17.4. The number of nitrogens with zero attached hydrogens (tertiary/aromatic N) is 2. The topological polar surface area (TPSA) is 35.6 Å². The molecule has 0 radical (unpaired) electrons. The number of carbonyl (C=O) groups excluding carboxylic acids is 1. The van der Waals surface area contributed by atoms with E-state index in [1.807, 2.05) is 36.4 Å². The van der Waals surface area contributed by atoms with Crippen LogP contribution in [0.3, 0.4) is 0 Å². The van der Waals surface area contributed by atoms with E-state index in [-0.39, 0.29) is 24.4 Å². The van der Waals surface area contributed by atoms with Crippen LogP contribution in [-0.2, 0) is 6.54 Å². The molecule has 0 bridgehead atoms. The third kappa shape index (κ3) is 4.98. The first-order valence-electron chi connectivity index (χ1n) is 8.55. The van der Waals surface area contributed by atoms with Gasteiger partial charge in [0, 0.05) is 56.9 Å². The molecule has 1 unspecified atom stereocenters. The monoisotopic (exact) mass is 393 g/mol. The lowest BCUT2D eigenvalue weighted by Crippen LogP contribution is -2.45. The molecule has 2 aromatic carbocycles. The van der Waals surface area contributed by atoms with Crippen molar-refractivity contribution in [2.75, 3.05) is 33.7 Å². The Morgan fingerprint density at radius 1 is 1.23 bits per heavy atom. The molecule has 0 spiro atoms. The van der Waals surface area contributed by atoms with E-state index in [2.05, 4.69) is 22.3 Å². The fraction of sp³-hybridized carbons (Fsp3) is 0.350. The molecule has 0 aromatic heterocycles. The SMILES string of the molecule is CN(C)C(=O)c1cccc(CN2CCNCC2c2cccc(Cl)c2)c1.Cl. The number of halogens is 2. The Labute approximate surface area is 166 Å². The van der Waals surface area contributed by atoms with Crippen LogP contribution in [0.5, 0.6) is 0 Å². The molecule has 1 amide bonds. The van der Waals surface area contributed by atoms with Crippen LogP contribution >= 0.6 is 24.0 Å². The van der Waals surface area contributed by atoms with Gasteiger partial charge in [-0.3, -0.25) is 9.69 Å². The van der Waals surface area contributed by atoms with Crippen LogP contribution in [0, 0.1) is 0 Å². The average Bonchev–Trinajstić information content (AvgIpc) is 2.61. The zero-order valence-electron chi connectivity index (χ0n) is 15.1. The van der Waals surface area contributed by atoms with E-state index in [0.29, 0.717) is 0 Å². The van der Waals surface area contributed by atoms with Crippen molar-refractivity contribution < 1.29 is 4.79 Å². The number of nitrogens with one attached hydrogen (secondary N) is 1. The highest BCUT2D eigenvalue weighted by Gasteiger charge is 2.24. The number of amides is 1. The standard InChI is InChI=1S/C20H24ClN3O.ClH/c1-23(2)20(25)17-7-3-5-15(11-17)14-24-10-9-22-13-19(24)16-6-4-8-18(21)12-16;/h3-8,11-12,19,22H,9-10,13-14H2,1-2H3;1H. The van der Waals surface area contributed by atoms with Gasteiger partial charge in [0.2, 0.25) is 0 Å². The number of hydrogen-bond donors (Lipinski definition) is 1. The van der Waals surface area contributed by atoms with Crippen molar-refractivity contribution in [2.45, 2.75) is 12.6 Å². The molecular formula is C20H25Cl2N3O. The van der Waals surface area contributed by atoms with Gasteiger partial charge in [-0.25, -0.2) is 0 Å². The third-order valence-electron chi connectivity index (χ3n) is 4.55. The Kier molecular flexibility index (Phi) is 7.47. The van der Waals surface area contributed by atoms with E-state index in [0.717, 1.165) is 42.3 Å². The summed E-state index contributed by atoms with van der Waals surface area (Å²) in [5.74, 6) is 0.0357. The Balaban J connectivity index is 0.00000243. The molecule has 6 heteroatoms. The molecule has 1 aliphatic rings. The highest BCUT2D eigenvalue weighted by Crippen LogP contribution is 2.26. The first-order chi connectivity index (χ1) is 12.0. The first-order valence-corrected chi connectivity index (χ1v) is 8.93. The van der Waals surface area contributed by atoms with E-state index in [1.165, 1.54) is 5.56 Å². The molecule has 2 aromatic rings. The minimum absolute atomic E-state index is 0. The lowest BCUT2D eigenvalue weighted by molar-refractivity contribution is 0.0827. The van der Waals surface area contributed by atoms with E-state index < -0.39 is 0 Å². The van der Waals surface area contributed by atoms with E-state index in [4.69, 9.17) is 11.6 Å². The van der Waals surface area contributed by atoms with Crippen molar-refractivity contribution in [1.82, 2.24) is 15.1 Å². The predicted molar refractivity (Wildman–Crippen MR) is 109 cm³/mol. The first kappa shape index (κ1) is 20.7. The van der Waals surface area contributed by atoms with Gasteiger partial charge in [0.1, 0.15) is 0 Å². The van der Waals surface area contributed by atoms with Crippen LogP contribution in [-0.4, -0.2) is 49.4 Å². The molecule has 26 heavy (non-hydrogen) atoms. The minimum atomic E-state index is 0. The van der Waals surface area contributed by atoms with Crippen LogP contribution in [0.4, 0.5) is 0 Å². The lowest BCUT2D eigenvalue weighted by Gasteiger charge is -2.36. The quantitative estimate of drug-likeness (QED) is 0.861. The van der Waals surface area contributed by atoms with Gasteiger partial charge >= 0.3 is 0 Å². The summed E-state index contributed by atoms with van der Waals surface area (Å²) in [6.07, 6.45) is 0. The summed E-state index contributed by atoms with van der Waals surface area (Å²) in [5, 5.41) is 4.23. The fourth-order valence-corrected chi connectivity index (χ4v) is 3.47. The Morgan fingerprint density at radius 2 is 2.00 bits per heavy atom. The zero-order valence-corrected chi connectivity index (χ0v) is 16.7. The van der Waals surface area contributed by atoms with Gasteiger partial charge < -0.3 is 10.2 Å². The van der Waals surface area contributed by atoms with Gasteiger partial charge in [-0.2, -0.15) is 0 Å². The zero-order chi connectivity index (χ0) is 17.8. The molecule has 0 saturated carbocycles. The van der Waals surface area contributed by atoms with Crippen molar-refractivity contribution in [1.29, 1.82) is 0 Å². The maximum Gasteiger partial charge on any atom is 0.253 e. The molecular weight excluding hydrogens is 369 g/mol. The number of hydrogen-bond acceptors (Lipinski definition) is 3.